The van der Waals surface area contributed by atoms with Gasteiger partial charge in [0.2, 0.25) is 0 Å². The minimum Gasteiger partial charge on any atom is -1.00 e. The van der Waals surface area contributed by atoms with Crippen molar-refractivity contribution >= 4 is 10.8 Å². The maximum absolute atomic E-state index is 2.46. The SMILES string of the molecule is Cc1cc2c(c(C)c1C)C(C)c1c3c(c4ccccc4c1-2)C(C)C(C)C(C)[C-]3C.[Cl-].[Cl-].[Zr+3]. The number of halogens is 2. The second-order valence-corrected chi connectivity index (χ2v) is 9.87. The summed E-state index contributed by atoms with van der Waals surface area (Å²) in [7, 11) is 0. The molecule has 2 aliphatic carbocycles. The Bertz CT molecular complexity index is 1180. The first kappa shape index (κ1) is 27.5. The predicted molar refractivity (Wildman–Crippen MR) is 126 cm³/mol. The summed E-state index contributed by atoms with van der Waals surface area (Å²) in [4.78, 5) is 0. The van der Waals surface area contributed by atoms with Crippen LogP contribution in [0.2, 0.25) is 0 Å². The molecule has 0 aliphatic heterocycles. The van der Waals surface area contributed by atoms with E-state index in [1.54, 1.807) is 28.2 Å². The summed E-state index contributed by atoms with van der Waals surface area (Å²) < 4.78 is 0. The molecule has 0 bridgehead atoms. The molecule has 3 heteroatoms. The average Bonchev–Trinajstić information content (AvgIpc) is 3.00. The second-order valence-electron chi connectivity index (χ2n) is 9.87. The Morgan fingerprint density at radius 3 is 2.00 bits per heavy atom. The fourth-order valence-corrected chi connectivity index (χ4v) is 6.44. The van der Waals surface area contributed by atoms with Gasteiger partial charge in [0.15, 0.2) is 0 Å². The first-order chi connectivity index (χ1) is 13.8. The van der Waals surface area contributed by atoms with Gasteiger partial charge in [0, 0.05) is 0 Å². The van der Waals surface area contributed by atoms with E-state index >= 15 is 0 Å². The molecule has 0 spiro atoms. The molecule has 0 saturated heterocycles. The van der Waals surface area contributed by atoms with Crippen molar-refractivity contribution in [1.82, 2.24) is 0 Å². The Labute approximate surface area is 225 Å². The van der Waals surface area contributed by atoms with Gasteiger partial charge in [0.1, 0.15) is 0 Å². The molecule has 0 aromatic heterocycles. The molecule has 0 heterocycles. The molecule has 5 rings (SSSR count). The summed E-state index contributed by atoms with van der Waals surface area (Å²) in [5.41, 5.74) is 13.7. The van der Waals surface area contributed by atoms with Crippen molar-refractivity contribution in [3.05, 3.63) is 75.2 Å². The van der Waals surface area contributed by atoms with Crippen LogP contribution in [-0.2, 0) is 26.2 Å². The Balaban J connectivity index is 0.00000121. The minimum atomic E-state index is 0. The Morgan fingerprint density at radius 2 is 1.38 bits per heavy atom. The summed E-state index contributed by atoms with van der Waals surface area (Å²) in [5, 5.41) is 2.93. The van der Waals surface area contributed by atoms with Crippen LogP contribution in [0.1, 0.15) is 85.4 Å². The van der Waals surface area contributed by atoms with Crippen LogP contribution in [-0.4, -0.2) is 0 Å². The number of hydrogen-bond acceptors (Lipinski definition) is 0. The molecular formula is C29H33Cl2Zr. The van der Waals surface area contributed by atoms with Crippen LogP contribution < -0.4 is 24.8 Å². The fourth-order valence-electron chi connectivity index (χ4n) is 6.44. The maximum atomic E-state index is 2.46. The van der Waals surface area contributed by atoms with Crippen LogP contribution >= 0.6 is 0 Å². The van der Waals surface area contributed by atoms with Crippen molar-refractivity contribution in [3.63, 3.8) is 0 Å². The normalized spacial score (nSPS) is 22.8. The van der Waals surface area contributed by atoms with E-state index in [9.17, 15) is 0 Å². The topological polar surface area (TPSA) is 0 Å². The molecule has 0 amide bonds. The molecule has 0 nitrogen and oxygen atoms in total. The van der Waals surface area contributed by atoms with Crippen molar-refractivity contribution in [1.29, 1.82) is 0 Å². The molecule has 3 aromatic rings. The maximum Gasteiger partial charge on any atom is 3.00 e. The summed E-state index contributed by atoms with van der Waals surface area (Å²) in [5.74, 6) is 3.94. The van der Waals surface area contributed by atoms with Crippen molar-refractivity contribution in [2.24, 2.45) is 11.8 Å². The van der Waals surface area contributed by atoms with Crippen LogP contribution in [0, 0.1) is 38.5 Å². The average molecular weight is 544 g/mol. The van der Waals surface area contributed by atoms with Gasteiger partial charge < -0.3 is 24.8 Å². The fraction of sp³-hybridized carbons (Fsp3) is 0.414. The van der Waals surface area contributed by atoms with E-state index < -0.39 is 0 Å². The van der Waals surface area contributed by atoms with E-state index in [2.05, 4.69) is 85.7 Å². The molecule has 4 atom stereocenters. The number of hydrogen-bond donors (Lipinski definition) is 0. The van der Waals surface area contributed by atoms with Crippen molar-refractivity contribution in [2.75, 3.05) is 0 Å². The summed E-state index contributed by atoms with van der Waals surface area (Å²) in [6, 6.07) is 11.7. The van der Waals surface area contributed by atoms with Gasteiger partial charge >= 0.3 is 26.2 Å². The van der Waals surface area contributed by atoms with Gasteiger partial charge in [-0.05, 0) is 59.9 Å². The third kappa shape index (κ3) is 3.45. The number of aryl methyl sites for hydroxylation is 1. The summed E-state index contributed by atoms with van der Waals surface area (Å²) >= 11 is 0. The van der Waals surface area contributed by atoms with E-state index in [0.717, 1.165) is 0 Å². The van der Waals surface area contributed by atoms with Crippen LogP contribution in [0.3, 0.4) is 0 Å². The Kier molecular flexibility index (Phi) is 8.15. The molecule has 1 radical (unpaired) electrons. The van der Waals surface area contributed by atoms with E-state index in [-0.39, 0.29) is 51.0 Å². The molecule has 3 aromatic carbocycles. The van der Waals surface area contributed by atoms with E-state index in [1.807, 2.05) is 0 Å². The molecule has 4 unspecified atom stereocenters. The van der Waals surface area contributed by atoms with Crippen molar-refractivity contribution in [2.45, 2.75) is 67.2 Å². The zero-order valence-electron chi connectivity index (χ0n) is 20.5. The van der Waals surface area contributed by atoms with E-state index in [0.29, 0.717) is 23.7 Å². The number of benzene rings is 3. The van der Waals surface area contributed by atoms with Crippen molar-refractivity contribution in [3.8, 4) is 11.1 Å². The van der Waals surface area contributed by atoms with E-state index in [1.165, 1.54) is 38.6 Å². The molecule has 0 fully saturated rings. The van der Waals surface area contributed by atoms with E-state index in [4.69, 9.17) is 0 Å². The van der Waals surface area contributed by atoms with Gasteiger partial charge in [-0.25, -0.2) is 0 Å². The molecular weight excluding hydrogens is 510 g/mol. The van der Waals surface area contributed by atoms with Crippen LogP contribution in [0.4, 0.5) is 0 Å². The third-order valence-corrected chi connectivity index (χ3v) is 8.75. The molecule has 167 valence electrons. The van der Waals surface area contributed by atoms with Gasteiger partial charge in [-0.15, -0.1) is 11.1 Å². The standard InChI is InChI=1S/C29H33.2ClH.Zr/c1-14-13-24-25(18(5)15(14)2)21(8)28-27-20(7)17(4)16(3)19(6)26(27)22-11-9-10-12-23(22)29(24)28;;;/h9-13,16-17,19,21H,1-8H3;2*1H;/q-1;;;+3/p-2. The summed E-state index contributed by atoms with van der Waals surface area (Å²) in [6.45, 7) is 19.1. The monoisotopic (exact) mass is 541 g/mol. The van der Waals surface area contributed by atoms with Crippen LogP contribution in [0.15, 0.2) is 30.3 Å². The van der Waals surface area contributed by atoms with Gasteiger partial charge in [0.05, 0.1) is 0 Å². The number of rotatable bonds is 0. The van der Waals surface area contributed by atoms with Crippen molar-refractivity contribution < 1.29 is 51.0 Å². The van der Waals surface area contributed by atoms with Crippen LogP contribution in [0.5, 0.6) is 0 Å². The van der Waals surface area contributed by atoms with Gasteiger partial charge in [0.25, 0.3) is 0 Å². The smallest absolute Gasteiger partial charge is 1.00 e. The second kappa shape index (κ2) is 9.48. The first-order valence-corrected chi connectivity index (χ1v) is 11.3. The zero-order valence-corrected chi connectivity index (χ0v) is 24.4. The number of fused-ring (bicyclic) bond motifs is 8. The first-order valence-electron chi connectivity index (χ1n) is 11.3. The minimum absolute atomic E-state index is 0. The van der Waals surface area contributed by atoms with Gasteiger partial charge in [-0.3, -0.25) is 0 Å². The molecule has 0 saturated carbocycles. The zero-order chi connectivity index (χ0) is 20.8. The molecule has 32 heavy (non-hydrogen) atoms. The Hall–Kier alpha value is -0.747. The Morgan fingerprint density at radius 1 is 0.781 bits per heavy atom. The molecule has 2 aliphatic rings. The largest absolute Gasteiger partial charge is 3.00 e. The van der Waals surface area contributed by atoms with Gasteiger partial charge in [-0.2, -0.15) is 11.5 Å². The quantitative estimate of drug-likeness (QED) is 0.382. The summed E-state index contributed by atoms with van der Waals surface area (Å²) in [6.07, 6.45) is 0. The van der Waals surface area contributed by atoms with Gasteiger partial charge in [-0.1, -0.05) is 93.7 Å². The predicted octanol–water partition coefficient (Wildman–Crippen LogP) is 2.23. The third-order valence-electron chi connectivity index (χ3n) is 8.75. The van der Waals surface area contributed by atoms with Crippen LogP contribution in [0.25, 0.3) is 21.9 Å². The molecule has 0 N–H and O–H groups in total.